The predicted molar refractivity (Wildman–Crippen MR) is 78.8 cm³/mol. The van der Waals surface area contributed by atoms with Crippen molar-refractivity contribution in [2.24, 2.45) is 0 Å². The van der Waals surface area contributed by atoms with Crippen LogP contribution in [0.4, 0.5) is 11.5 Å². The fourth-order valence-electron chi connectivity index (χ4n) is 2.60. The zero-order valence-corrected chi connectivity index (χ0v) is 12.1. The van der Waals surface area contributed by atoms with Gasteiger partial charge < -0.3 is 20.9 Å². The molecule has 1 aliphatic rings. The van der Waals surface area contributed by atoms with E-state index in [1.165, 1.54) is 12.7 Å². The molecule has 6 nitrogen and oxygen atoms in total. The van der Waals surface area contributed by atoms with Crippen LogP contribution in [0.15, 0.2) is 6.33 Å². The van der Waals surface area contributed by atoms with Crippen molar-refractivity contribution in [3.63, 3.8) is 0 Å². The molecular weight excluding hydrogens is 256 g/mol. The van der Waals surface area contributed by atoms with Crippen molar-refractivity contribution in [2.75, 3.05) is 24.3 Å². The van der Waals surface area contributed by atoms with Crippen LogP contribution in [0.2, 0.25) is 0 Å². The minimum absolute atomic E-state index is 0.0849. The Hall–Kier alpha value is -1.56. The first-order valence-corrected chi connectivity index (χ1v) is 7.33. The zero-order chi connectivity index (χ0) is 14.4. The number of hydrogen-bond acceptors (Lipinski definition) is 6. The van der Waals surface area contributed by atoms with Crippen molar-refractivity contribution in [1.82, 2.24) is 9.97 Å². The topological polar surface area (TPSA) is 93.3 Å². The second-order valence-corrected chi connectivity index (χ2v) is 5.41. The number of hydrogen-bond donors (Lipinski definition) is 3. The number of nitrogens with zero attached hydrogens (tertiary/aromatic N) is 2. The Kier molecular flexibility index (Phi) is 5.00. The lowest BCUT2D eigenvalue weighted by Gasteiger charge is -2.37. The van der Waals surface area contributed by atoms with Gasteiger partial charge in [0.2, 0.25) is 5.88 Å². The van der Waals surface area contributed by atoms with E-state index in [1.54, 1.807) is 0 Å². The standard InChI is InChI=1S/C14H24N4O2/c1-2-8-20-13-11(15)12(16-10-17-13)18-14(9-19)6-4-3-5-7-14/h10,19H,2-9,15H2,1H3,(H,16,17,18). The first-order valence-electron chi connectivity index (χ1n) is 7.33. The summed E-state index contributed by atoms with van der Waals surface area (Å²) >= 11 is 0. The van der Waals surface area contributed by atoms with Crippen LogP contribution in [0, 0.1) is 0 Å². The quantitative estimate of drug-likeness (QED) is 0.737. The highest BCUT2D eigenvalue weighted by Crippen LogP contribution is 2.34. The van der Waals surface area contributed by atoms with Gasteiger partial charge in [-0.05, 0) is 19.3 Å². The predicted octanol–water partition coefficient (Wildman–Crippen LogP) is 1.95. The molecule has 0 unspecified atom stereocenters. The van der Waals surface area contributed by atoms with Crippen LogP contribution in [-0.4, -0.2) is 33.8 Å². The van der Waals surface area contributed by atoms with Gasteiger partial charge in [-0.3, -0.25) is 0 Å². The summed E-state index contributed by atoms with van der Waals surface area (Å²) in [5.74, 6) is 0.968. The SMILES string of the molecule is CCCOc1ncnc(NC2(CO)CCCCC2)c1N. The summed E-state index contributed by atoms with van der Waals surface area (Å²) in [5.41, 5.74) is 6.16. The number of ether oxygens (including phenoxy) is 1. The molecule has 0 saturated heterocycles. The highest BCUT2D eigenvalue weighted by molar-refractivity contribution is 5.67. The number of aliphatic hydroxyl groups excluding tert-OH is 1. The molecule has 6 heteroatoms. The van der Waals surface area contributed by atoms with E-state index in [-0.39, 0.29) is 12.1 Å². The van der Waals surface area contributed by atoms with Crippen LogP contribution < -0.4 is 15.8 Å². The van der Waals surface area contributed by atoms with E-state index in [4.69, 9.17) is 10.5 Å². The molecule has 0 amide bonds. The van der Waals surface area contributed by atoms with E-state index < -0.39 is 0 Å². The Morgan fingerprint density at radius 2 is 2.10 bits per heavy atom. The number of aliphatic hydroxyl groups is 1. The van der Waals surface area contributed by atoms with E-state index >= 15 is 0 Å². The molecule has 0 aliphatic heterocycles. The number of aromatic nitrogens is 2. The third-order valence-corrected chi connectivity index (χ3v) is 3.79. The smallest absolute Gasteiger partial charge is 0.242 e. The second-order valence-electron chi connectivity index (χ2n) is 5.41. The van der Waals surface area contributed by atoms with E-state index in [0.29, 0.717) is 24.0 Å². The van der Waals surface area contributed by atoms with Gasteiger partial charge in [0.05, 0.1) is 18.8 Å². The number of nitrogen functional groups attached to an aromatic ring is 1. The molecule has 1 aromatic rings. The number of rotatable bonds is 6. The van der Waals surface area contributed by atoms with E-state index in [2.05, 4.69) is 15.3 Å². The maximum Gasteiger partial charge on any atom is 0.242 e. The molecule has 0 spiro atoms. The first kappa shape index (κ1) is 14.8. The lowest BCUT2D eigenvalue weighted by Crippen LogP contribution is -2.44. The summed E-state index contributed by atoms with van der Waals surface area (Å²) in [7, 11) is 0. The Balaban J connectivity index is 2.15. The molecule has 1 fully saturated rings. The molecule has 0 aromatic carbocycles. The van der Waals surface area contributed by atoms with Gasteiger partial charge in [-0.25, -0.2) is 4.98 Å². The summed E-state index contributed by atoms with van der Waals surface area (Å²) in [6.07, 6.45) is 7.63. The summed E-state index contributed by atoms with van der Waals surface area (Å²) in [6, 6.07) is 0. The Labute approximate surface area is 119 Å². The van der Waals surface area contributed by atoms with Crippen molar-refractivity contribution in [2.45, 2.75) is 51.0 Å². The molecule has 2 rings (SSSR count). The molecule has 0 radical (unpaired) electrons. The zero-order valence-electron chi connectivity index (χ0n) is 12.1. The fourth-order valence-corrected chi connectivity index (χ4v) is 2.60. The maximum atomic E-state index is 9.73. The van der Waals surface area contributed by atoms with Gasteiger partial charge in [-0.2, -0.15) is 4.98 Å². The van der Waals surface area contributed by atoms with Gasteiger partial charge in [0, 0.05) is 0 Å². The summed E-state index contributed by atoms with van der Waals surface area (Å²) in [5, 5.41) is 13.0. The van der Waals surface area contributed by atoms with Crippen LogP contribution in [0.5, 0.6) is 5.88 Å². The van der Waals surface area contributed by atoms with Gasteiger partial charge in [-0.1, -0.05) is 26.2 Å². The van der Waals surface area contributed by atoms with E-state index in [1.807, 2.05) is 6.92 Å². The van der Waals surface area contributed by atoms with Gasteiger partial charge in [0.1, 0.15) is 12.0 Å². The highest BCUT2D eigenvalue weighted by atomic mass is 16.5. The maximum absolute atomic E-state index is 9.73. The lowest BCUT2D eigenvalue weighted by molar-refractivity contribution is 0.172. The van der Waals surface area contributed by atoms with Crippen molar-refractivity contribution in [3.05, 3.63) is 6.33 Å². The van der Waals surface area contributed by atoms with Crippen LogP contribution in [-0.2, 0) is 0 Å². The monoisotopic (exact) mass is 280 g/mol. The molecule has 1 saturated carbocycles. The van der Waals surface area contributed by atoms with Crippen LogP contribution in [0.1, 0.15) is 45.4 Å². The molecule has 0 atom stereocenters. The molecule has 112 valence electrons. The molecule has 1 heterocycles. The van der Waals surface area contributed by atoms with E-state index in [9.17, 15) is 5.11 Å². The fraction of sp³-hybridized carbons (Fsp3) is 0.714. The minimum Gasteiger partial charge on any atom is -0.476 e. The van der Waals surface area contributed by atoms with Crippen molar-refractivity contribution in [1.29, 1.82) is 0 Å². The minimum atomic E-state index is -0.317. The van der Waals surface area contributed by atoms with Crippen molar-refractivity contribution >= 4 is 11.5 Å². The summed E-state index contributed by atoms with van der Waals surface area (Å²) in [4.78, 5) is 8.25. The number of nitrogens with one attached hydrogen (secondary N) is 1. The molecule has 20 heavy (non-hydrogen) atoms. The normalized spacial score (nSPS) is 17.7. The van der Waals surface area contributed by atoms with E-state index in [0.717, 1.165) is 32.1 Å². The van der Waals surface area contributed by atoms with Gasteiger partial charge in [0.15, 0.2) is 5.82 Å². The third kappa shape index (κ3) is 3.30. The van der Waals surface area contributed by atoms with Gasteiger partial charge in [-0.15, -0.1) is 0 Å². The van der Waals surface area contributed by atoms with Crippen molar-refractivity contribution < 1.29 is 9.84 Å². The highest BCUT2D eigenvalue weighted by Gasteiger charge is 2.32. The summed E-state index contributed by atoms with van der Waals surface area (Å²) < 4.78 is 5.50. The lowest BCUT2D eigenvalue weighted by atomic mass is 9.82. The van der Waals surface area contributed by atoms with Gasteiger partial charge in [0.25, 0.3) is 0 Å². The average molecular weight is 280 g/mol. The first-order chi connectivity index (χ1) is 9.71. The largest absolute Gasteiger partial charge is 0.476 e. The molecule has 4 N–H and O–H groups in total. The van der Waals surface area contributed by atoms with Crippen LogP contribution >= 0.6 is 0 Å². The van der Waals surface area contributed by atoms with Crippen molar-refractivity contribution in [3.8, 4) is 5.88 Å². The molecule has 1 aliphatic carbocycles. The van der Waals surface area contributed by atoms with Crippen LogP contribution in [0.3, 0.4) is 0 Å². The molecular formula is C14H24N4O2. The Bertz CT molecular complexity index is 433. The second kappa shape index (κ2) is 6.74. The number of nitrogens with two attached hydrogens (primary N) is 1. The molecule has 1 aromatic heterocycles. The average Bonchev–Trinajstić information content (AvgIpc) is 2.49. The Morgan fingerprint density at radius 3 is 2.75 bits per heavy atom. The third-order valence-electron chi connectivity index (χ3n) is 3.79. The van der Waals surface area contributed by atoms with Crippen LogP contribution in [0.25, 0.3) is 0 Å². The Morgan fingerprint density at radius 1 is 1.35 bits per heavy atom. The van der Waals surface area contributed by atoms with Gasteiger partial charge >= 0.3 is 0 Å². The summed E-state index contributed by atoms with van der Waals surface area (Å²) in [6.45, 7) is 2.69. The molecule has 0 bridgehead atoms. The number of anilines is 2.